The van der Waals surface area contributed by atoms with Crippen LogP contribution in [0.3, 0.4) is 0 Å². The van der Waals surface area contributed by atoms with Crippen LogP contribution in [-0.2, 0) is 0 Å². The van der Waals surface area contributed by atoms with Crippen LogP contribution in [0.25, 0.3) is 0 Å². The van der Waals surface area contributed by atoms with Crippen LogP contribution in [0.2, 0.25) is 0 Å². The second kappa shape index (κ2) is 5.80. The minimum absolute atomic E-state index is 0.0544. The number of hydrogen-bond donors (Lipinski definition) is 2. The van der Waals surface area contributed by atoms with Crippen LogP contribution in [0.4, 0.5) is 4.39 Å². The molecule has 0 aliphatic carbocycles. The highest BCUT2D eigenvalue weighted by Gasteiger charge is 2.20. The summed E-state index contributed by atoms with van der Waals surface area (Å²) in [6, 6.07) is 9.05. The van der Waals surface area contributed by atoms with Crippen molar-refractivity contribution in [2.24, 2.45) is 0 Å². The van der Waals surface area contributed by atoms with Crippen LogP contribution in [0, 0.1) is 17.1 Å². The van der Waals surface area contributed by atoms with E-state index in [0.717, 1.165) is 0 Å². The number of nitrogens with one attached hydrogen (secondary N) is 1. The molecule has 1 amide bonds. The van der Waals surface area contributed by atoms with Crippen LogP contribution in [0.5, 0.6) is 5.75 Å². The standard InChI is InChI=1S/C14H10FN3O2/c15-10-5-2-1-4-9(10)11(8-16)18-14(20)13-12(19)6-3-7-17-13/h1-7,11,19H,(H,18,20)/t11-/m0/s1. The predicted octanol–water partition coefficient (Wildman–Crippen LogP) is 1.92. The molecule has 0 unspecified atom stereocenters. The number of hydrogen-bond acceptors (Lipinski definition) is 4. The molecule has 2 N–H and O–H groups in total. The highest BCUT2D eigenvalue weighted by Crippen LogP contribution is 2.18. The van der Waals surface area contributed by atoms with E-state index in [0.29, 0.717) is 0 Å². The topological polar surface area (TPSA) is 86.0 Å². The monoisotopic (exact) mass is 271 g/mol. The normalized spacial score (nSPS) is 11.4. The maximum Gasteiger partial charge on any atom is 0.275 e. The van der Waals surface area contributed by atoms with Gasteiger partial charge in [-0.05, 0) is 18.2 Å². The number of halogens is 1. The van der Waals surface area contributed by atoms with Gasteiger partial charge in [0.05, 0.1) is 6.07 Å². The predicted molar refractivity (Wildman–Crippen MR) is 68.1 cm³/mol. The Morgan fingerprint density at radius 1 is 1.35 bits per heavy atom. The van der Waals surface area contributed by atoms with Crippen LogP contribution in [0.15, 0.2) is 42.6 Å². The number of rotatable bonds is 3. The molecular formula is C14H10FN3O2. The average molecular weight is 271 g/mol. The molecule has 1 aromatic carbocycles. The van der Waals surface area contributed by atoms with Gasteiger partial charge in [-0.3, -0.25) is 4.79 Å². The third kappa shape index (κ3) is 2.72. The van der Waals surface area contributed by atoms with Gasteiger partial charge in [-0.25, -0.2) is 9.37 Å². The first kappa shape index (κ1) is 13.5. The van der Waals surface area contributed by atoms with Gasteiger partial charge in [0.25, 0.3) is 5.91 Å². The first-order chi connectivity index (χ1) is 9.63. The van der Waals surface area contributed by atoms with E-state index in [4.69, 9.17) is 5.26 Å². The summed E-state index contributed by atoms with van der Waals surface area (Å²) in [6.07, 6.45) is 1.33. The summed E-state index contributed by atoms with van der Waals surface area (Å²) in [5, 5.41) is 20.9. The molecule has 20 heavy (non-hydrogen) atoms. The summed E-state index contributed by atoms with van der Waals surface area (Å²) < 4.78 is 13.6. The largest absolute Gasteiger partial charge is 0.505 e. The fourth-order valence-corrected chi connectivity index (χ4v) is 1.66. The summed E-state index contributed by atoms with van der Waals surface area (Å²) in [6.45, 7) is 0. The number of nitrogens with zero attached hydrogens (tertiary/aromatic N) is 2. The summed E-state index contributed by atoms with van der Waals surface area (Å²) in [7, 11) is 0. The SMILES string of the molecule is N#C[C@H](NC(=O)c1ncccc1O)c1ccccc1F. The molecule has 0 aliphatic heterocycles. The lowest BCUT2D eigenvalue weighted by atomic mass is 10.1. The Morgan fingerprint density at radius 2 is 2.10 bits per heavy atom. The van der Waals surface area contributed by atoms with E-state index in [9.17, 15) is 14.3 Å². The molecule has 0 bridgehead atoms. The molecule has 2 aromatic rings. The first-order valence-electron chi connectivity index (χ1n) is 5.72. The Kier molecular flexibility index (Phi) is 3.91. The van der Waals surface area contributed by atoms with Crippen molar-refractivity contribution >= 4 is 5.91 Å². The van der Waals surface area contributed by atoms with Gasteiger partial charge in [0.1, 0.15) is 17.6 Å². The lowest BCUT2D eigenvalue weighted by Gasteiger charge is -2.12. The van der Waals surface area contributed by atoms with E-state index in [1.165, 1.54) is 36.5 Å². The minimum Gasteiger partial charge on any atom is -0.505 e. The van der Waals surface area contributed by atoms with Gasteiger partial charge < -0.3 is 10.4 Å². The summed E-state index contributed by atoms with van der Waals surface area (Å²) in [5.41, 5.74) is -0.164. The molecule has 5 nitrogen and oxygen atoms in total. The van der Waals surface area contributed by atoms with Crippen LogP contribution < -0.4 is 5.32 Å². The quantitative estimate of drug-likeness (QED) is 0.893. The van der Waals surface area contributed by atoms with Gasteiger partial charge in [0.15, 0.2) is 5.69 Å². The van der Waals surface area contributed by atoms with Gasteiger partial charge in [-0.15, -0.1) is 0 Å². The van der Waals surface area contributed by atoms with Crippen LogP contribution in [0.1, 0.15) is 22.1 Å². The third-order valence-electron chi connectivity index (χ3n) is 2.62. The van der Waals surface area contributed by atoms with Crippen LogP contribution in [-0.4, -0.2) is 16.0 Å². The number of benzene rings is 1. The number of aromatic nitrogens is 1. The maximum atomic E-state index is 13.6. The Hall–Kier alpha value is -2.94. The van der Waals surface area contributed by atoms with Crippen molar-refractivity contribution in [2.45, 2.75) is 6.04 Å². The summed E-state index contributed by atoms with van der Waals surface area (Å²) in [5.74, 6) is -1.65. The zero-order valence-electron chi connectivity index (χ0n) is 10.2. The zero-order valence-corrected chi connectivity index (χ0v) is 10.2. The Bertz CT molecular complexity index is 682. The number of carbonyl (C=O) groups is 1. The zero-order chi connectivity index (χ0) is 14.5. The van der Waals surface area contributed by atoms with Crippen molar-refractivity contribution in [1.29, 1.82) is 5.26 Å². The molecule has 1 atom stereocenters. The number of nitriles is 1. The van der Waals surface area contributed by atoms with Crippen molar-refractivity contribution in [1.82, 2.24) is 10.3 Å². The molecule has 6 heteroatoms. The maximum absolute atomic E-state index is 13.6. The van der Waals surface area contributed by atoms with Crippen molar-refractivity contribution in [3.05, 3.63) is 59.7 Å². The van der Waals surface area contributed by atoms with E-state index in [1.807, 2.05) is 0 Å². The Labute approximate surface area is 114 Å². The van der Waals surface area contributed by atoms with Gasteiger partial charge in [0, 0.05) is 11.8 Å². The molecule has 0 radical (unpaired) electrons. The van der Waals surface area contributed by atoms with E-state index in [2.05, 4.69) is 10.3 Å². The van der Waals surface area contributed by atoms with E-state index in [-0.39, 0.29) is 17.0 Å². The van der Waals surface area contributed by atoms with Crippen molar-refractivity contribution in [2.75, 3.05) is 0 Å². The molecule has 0 spiro atoms. The average Bonchev–Trinajstić information content (AvgIpc) is 2.46. The lowest BCUT2D eigenvalue weighted by molar-refractivity contribution is 0.0936. The van der Waals surface area contributed by atoms with Crippen LogP contribution >= 0.6 is 0 Å². The van der Waals surface area contributed by atoms with E-state index < -0.39 is 17.8 Å². The molecular weight excluding hydrogens is 261 g/mol. The summed E-state index contributed by atoms with van der Waals surface area (Å²) in [4.78, 5) is 15.6. The van der Waals surface area contributed by atoms with Crippen molar-refractivity contribution < 1.29 is 14.3 Å². The number of pyridine rings is 1. The molecule has 0 aliphatic rings. The fraction of sp³-hybridized carbons (Fsp3) is 0.0714. The highest BCUT2D eigenvalue weighted by molar-refractivity contribution is 5.95. The molecule has 1 aromatic heterocycles. The molecule has 0 fully saturated rings. The van der Waals surface area contributed by atoms with E-state index in [1.54, 1.807) is 12.1 Å². The van der Waals surface area contributed by atoms with Crippen molar-refractivity contribution in [3.63, 3.8) is 0 Å². The smallest absolute Gasteiger partial charge is 0.275 e. The van der Waals surface area contributed by atoms with E-state index >= 15 is 0 Å². The third-order valence-corrected chi connectivity index (χ3v) is 2.62. The molecule has 100 valence electrons. The number of aromatic hydroxyl groups is 1. The molecule has 1 heterocycles. The van der Waals surface area contributed by atoms with Gasteiger partial charge >= 0.3 is 0 Å². The van der Waals surface area contributed by atoms with Gasteiger partial charge in [-0.1, -0.05) is 18.2 Å². The molecule has 2 rings (SSSR count). The first-order valence-corrected chi connectivity index (χ1v) is 5.72. The molecule has 0 saturated heterocycles. The second-order valence-electron chi connectivity index (χ2n) is 3.93. The molecule has 0 saturated carbocycles. The van der Waals surface area contributed by atoms with Crippen molar-refractivity contribution in [3.8, 4) is 11.8 Å². The Balaban J connectivity index is 2.24. The van der Waals surface area contributed by atoms with Gasteiger partial charge in [-0.2, -0.15) is 5.26 Å². The van der Waals surface area contributed by atoms with Gasteiger partial charge in [0.2, 0.25) is 0 Å². The lowest BCUT2D eigenvalue weighted by Crippen LogP contribution is -2.29. The second-order valence-corrected chi connectivity index (χ2v) is 3.93. The number of amides is 1. The fourth-order valence-electron chi connectivity index (χ4n) is 1.66. The highest BCUT2D eigenvalue weighted by atomic mass is 19.1. The summed E-state index contributed by atoms with van der Waals surface area (Å²) >= 11 is 0. The Morgan fingerprint density at radius 3 is 2.75 bits per heavy atom. The number of carbonyl (C=O) groups excluding carboxylic acids is 1. The minimum atomic E-state index is -1.16.